The van der Waals surface area contributed by atoms with Gasteiger partial charge in [-0.2, -0.15) is 0 Å². The summed E-state index contributed by atoms with van der Waals surface area (Å²) in [6, 6.07) is 4.62. The molecule has 2 atom stereocenters. The van der Waals surface area contributed by atoms with Gasteiger partial charge in [-0.15, -0.1) is 0 Å². The number of nitrogens with zero attached hydrogens (tertiary/aromatic N) is 1. The van der Waals surface area contributed by atoms with Crippen LogP contribution in [0.4, 0.5) is 10.1 Å². The van der Waals surface area contributed by atoms with E-state index in [-0.39, 0.29) is 31.8 Å². The van der Waals surface area contributed by atoms with E-state index in [0.29, 0.717) is 12.1 Å². The first-order valence-corrected chi connectivity index (χ1v) is 8.63. The molecule has 1 aromatic rings. The zero-order valence-electron chi connectivity index (χ0n) is 14.9. The number of amides is 3. The summed E-state index contributed by atoms with van der Waals surface area (Å²) in [7, 11) is 0. The molecule has 0 aliphatic carbocycles. The fourth-order valence-electron chi connectivity index (χ4n) is 2.75. The minimum Gasteiger partial charge on any atom is -0.481 e. The lowest BCUT2D eigenvalue weighted by atomic mass is 10.1. The summed E-state index contributed by atoms with van der Waals surface area (Å²) in [5.41, 5.74) is 0.515. The van der Waals surface area contributed by atoms with Crippen molar-refractivity contribution in [1.29, 1.82) is 0 Å². The molecule has 1 aliphatic rings. The largest absolute Gasteiger partial charge is 0.481 e. The highest BCUT2D eigenvalue weighted by molar-refractivity contribution is 6.01. The Morgan fingerprint density at radius 3 is 2.59 bits per heavy atom. The highest BCUT2D eigenvalue weighted by atomic mass is 19.1. The molecule has 146 valence electrons. The van der Waals surface area contributed by atoms with Crippen LogP contribution in [0.3, 0.4) is 0 Å². The Hall–Kier alpha value is -2.97. The molecule has 1 saturated heterocycles. The van der Waals surface area contributed by atoms with E-state index in [2.05, 4.69) is 10.6 Å². The molecule has 8 nitrogen and oxygen atoms in total. The highest BCUT2D eigenvalue weighted by Crippen LogP contribution is 2.25. The van der Waals surface area contributed by atoms with Crippen LogP contribution in [-0.2, 0) is 19.2 Å². The van der Waals surface area contributed by atoms with Crippen LogP contribution < -0.4 is 15.5 Å². The molecule has 0 bridgehead atoms. The monoisotopic (exact) mass is 379 g/mol. The fraction of sp³-hybridized carbons (Fsp3) is 0.444. The number of hydrogen-bond donors (Lipinski definition) is 3. The summed E-state index contributed by atoms with van der Waals surface area (Å²) in [5, 5.41) is 13.7. The number of nitrogens with one attached hydrogen (secondary N) is 2. The number of hydrogen-bond acceptors (Lipinski definition) is 4. The van der Waals surface area contributed by atoms with Crippen LogP contribution in [0.5, 0.6) is 0 Å². The summed E-state index contributed by atoms with van der Waals surface area (Å²) >= 11 is 0. The third-order valence-corrected chi connectivity index (χ3v) is 4.25. The summed E-state index contributed by atoms with van der Waals surface area (Å²) < 4.78 is 13.0. The van der Waals surface area contributed by atoms with E-state index in [9.17, 15) is 23.6 Å². The smallest absolute Gasteiger partial charge is 0.303 e. The topological polar surface area (TPSA) is 116 Å². The molecule has 0 saturated carbocycles. The number of benzene rings is 1. The summed E-state index contributed by atoms with van der Waals surface area (Å²) in [6.07, 6.45) is 0.256. The van der Waals surface area contributed by atoms with Gasteiger partial charge in [0.25, 0.3) is 0 Å². The maximum absolute atomic E-state index is 13.0. The standard InChI is InChI=1S/C18H22FN3O5/c1-11(17(26)20-8-2-3-16(24)25)21-18(27)12-9-15(23)22(10-12)14-6-4-13(19)5-7-14/h4-7,11-12H,2-3,8-10H2,1H3,(H,20,26)(H,21,27)(H,24,25)/t11-,12?/m0/s1. The molecule has 1 unspecified atom stereocenters. The van der Waals surface area contributed by atoms with Crippen molar-refractivity contribution in [3.8, 4) is 0 Å². The molecule has 1 heterocycles. The van der Waals surface area contributed by atoms with E-state index >= 15 is 0 Å². The van der Waals surface area contributed by atoms with Gasteiger partial charge in [-0.25, -0.2) is 4.39 Å². The van der Waals surface area contributed by atoms with Gasteiger partial charge >= 0.3 is 5.97 Å². The van der Waals surface area contributed by atoms with Crippen molar-refractivity contribution >= 4 is 29.4 Å². The third kappa shape index (κ3) is 5.77. The first-order chi connectivity index (χ1) is 12.8. The molecule has 27 heavy (non-hydrogen) atoms. The van der Waals surface area contributed by atoms with Crippen LogP contribution in [0.1, 0.15) is 26.2 Å². The first-order valence-electron chi connectivity index (χ1n) is 8.63. The van der Waals surface area contributed by atoms with Crippen LogP contribution in [0, 0.1) is 11.7 Å². The number of carboxylic acids is 1. The van der Waals surface area contributed by atoms with E-state index in [1.54, 1.807) is 0 Å². The quantitative estimate of drug-likeness (QED) is 0.574. The Labute approximate surface area is 155 Å². The Balaban J connectivity index is 1.83. The third-order valence-electron chi connectivity index (χ3n) is 4.25. The average molecular weight is 379 g/mol. The second-order valence-electron chi connectivity index (χ2n) is 6.40. The van der Waals surface area contributed by atoms with Gasteiger partial charge in [-0.1, -0.05) is 0 Å². The van der Waals surface area contributed by atoms with Crippen LogP contribution >= 0.6 is 0 Å². The van der Waals surface area contributed by atoms with Gasteiger partial charge in [0.2, 0.25) is 17.7 Å². The van der Waals surface area contributed by atoms with Gasteiger partial charge < -0.3 is 20.6 Å². The van der Waals surface area contributed by atoms with E-state index in [1.807, 2.05) is 0 Å². The lowest BCUT2D eigenvalue weighted by Crippen LogP contribution is -2.47. The Bertz CT molecular complexity index is 722. The van der Waals surface area contributed by atoms with Crippen LogP contribution in [-0.4, -0.2) is 47.9 Å². The maximum Gasteiger partial charge on any atom is 0.303 e. The molecule has 2 rings (SSSR count). The molecule has 1 aromatic carbocycles. The number of halogens is 1. The van der Waals surface area contributed by atoms with Crippen molar-refractivity contribution in [3.63, 3.8) is 0 Å². The molecule has 9 heteroatoms. The zero-order chi connectivity index (χ0) is 20.0. The molecule has 1 aliphatic heterocycles. The van der Waals surface area contributed by atoms with Gasteiger partial charge in [0.1, 0.15) is 11.9 Å². The number of carbonyl (C=O) groups excluding carboxylic acids is 3. The summed E-state index contributed by atoms with van der Waals surface area (Å²) in [4.78, 5) is 48.3. The number of carboxylic acid groups (broad SMARTS) is 1. The molecular weight excluding hydrogens is 357 g/mol. The second kappa shape index (κ2) is 9.11. The normalized spacial score (nSPS) is 17.5. The Morgan fingerprint density at radius 1 is 1.30 bits per heavy atom. The van der Waals surface area contributed by atoms with Gasteiger partial charge in [-0.3, -0.25) is 19.2 Å². The predicted molar refractivity (Wildman–Crippen MR) is 94.3 cm³/mol. The van der Waals surface area contributed by atoms with E-state index < -0.39 is 35.6 Å². The average Bonchev–Trinajstić information content (AvgIpc) is 3.01. The fourth-order valence-corrected chi connectivity index (χ4v) is 2.75. The minimum atomic E-state index is -0.942. The van der Waals surface area contributed by atoms with Gasteiger partial charge in [-0.05, 0) is 37.6 Å². The predicted octanol–water partition coefficient (Wildman–Crippen LogP) is 0.664. The Kier molecular flexibility index (Phi) is 6.86. The van der Waals surface area contributed by atoms with Gasteiger partial charge in [0.15, 0.2) is 0 Å². The molecular formula is C18H22FN3O5. The maximum atomic E-state index is 13.0. The van der Waals surface area contributed by atoms with Crippen molar-refractivity contribution in [2.45, 2.75) is 32.2 Å². The van der Waals surface area contributed by atoms with Crippen molar-refractivity contribution in [2.75, 3.05) is 18.0 Å². The highest BCUT2D eigenvalue weighted by Gasteiger charge is 2.36. The van der Waals surface area contributed by atoms with Crippen LogP contribution in [0.25, 0.3) is 0 Å². The van der Waals surface area contributed by atoms with Crippen LogP contribution in [0.2, 0.25) is 0 Å². The van der Waals surface area contributed by atoms with E-state index in [0.717, 1.165) is 0 Å². The van der Waals surface area contributed by atoms with E-state index in [4.69, 9.17) is 5.11 Å². The number of carbonyl (C=O) groups is 4. The van der Waals surface area contributed by atoms with Crippen LogP contribution in [0.15, 0.2) is 24.3 Å². The molecule has 0 spiro atoms. The molecule has 0 aromatic heterocycles. The summed E-state index contributed by atoms with van der Waals surface area (Å²) in [5.74, 6) is -3.04. The summed E-state index contributed by atoms with van der Waals surface area (Å²) in [6.45, 7) is 1.87. The van der Waals surface area contributed by atoms with E-state index in [1.165, 1.54) is 36.1 Å². The lowest BCUT2D eigenvalue weighted by molar-refractivity contribution is -0.137. The van der Waals surface area contributed by atoms with Crippen molar-refractivity contribution in [3.05, 3.63) is 30.1 Å². The molecule has 0 radical (unpaired) electrons. The second-order valence-corrected chi connectivity index (χ2v) is 6.40. The number of aliphatic carboxylic acids is 1. The Morgan fingerprint density at radius 2 is 1.96 bits per heavy atom. The molecule has 3 N–H and O–H groups in total. The lowest BCUT2D eigenvalue weighted by Gasteiger charge is -2.18. The minimum absolute atomic E-state index is 0.0101. The molecule has 3 amide bonds. The number of rotatable bonds is 8. The zero-order valence-corrected chi connectivity index (χ0v) is 14.9. The van der Waals surface area contributed by atoms with Crippen molar-refractivity contribution in [2.24, 2.45) is 5.92 Å². The first kappa shape index (κ1) is 20.3. The molecule has 1 fully saturated rings. The number of anilines is 1. The van der Waals surface area contributed by atoms with Crippen molar-refractivity contribution < 1.29 is 28.7 Å². The van der Waals surface area contributed by atoms with Gasteiger partial charge in [0, 0.05) is 31.6 Å². The van der Waals surface area contributed by atoms with Gasteiger partial charge in [0.05, 0.1) is 5.92 Å². The SMILES string of the molecule is C[C@H](NC(=O)C1CC(=O)N(c2ccc(F)cc2)C1)C(=O)NCCCC(=O)O. The van der Waals surface area contributed by atoms with Crippen molar-refractivity contribution in [1.82, 2.24) is 10.6 Å².